The van der Waals surface area contributed by atoms with Crippen LogP contribution < -0.4 is 15.5 Å². The van der Waals surface area contributed by atoms with Crippen LogP contribution in [0.1, 0.15) is 17.5 Å². The van der Waals surface area contributed by atoms with Crippen molar-refractivity contribution in [3.63, 3.8) is 0 Å². The summed E-state index contributed by atoms with van der Waals surface area (Å²) in [7, 11) is 0. The summed E-state index contributed by atoms with van der Waals surface area (Å²) in [6.07, 6.45) is 1.16. The maximum absolute atomic E-state index is 5.44. The summed E-state index contributed by atoms with van der Waals surface area (Å²) in [5.41, 5.74) is 3.70. The average molecular weight is 326 g/mol. The lowest BCUT2D eigenvalue weighted by Gasteiger charge is -2.16. The minimum absolute atomic E-state index is 0.458. The van der Waals surface area contributed by atoms with E-state index in [-0.39, 0.29) is 0 Å². The first-order chi connectivity index (χ1) is 11.2. The number of likely N-dealkylation sites (tertiary alicyclic amines) is 1. The molecule has 1 aliphatic heterocycles. The molecule has 0 saturated carbocycles. The summed E-state index contributed by atoms with van der Waals surface area (Å²) in [6, 6.07) is 19.5. The minimum atomic E-state index is 0.458. The molecular formula is C19H24N3S+. The molecule has 0 radical (unpaired) electrons. The molecule has 23 heavy (non-hydrogen) atoms. The van der Waals surface area contributed by atoms with Crippen LogP contribution in [0, 0.1) is 6.92 Å². The highest BCUT2D eigenvalue weighted by atomic mass is 32.1. The van der Waals surface area contributed by atoms with Gasteiger partial charge in [-0.05, 0) is 31.3 Å². The quantitative estimate of drug-likeness (QED) is 0.752. The predicted molar refractivity (Wildman–Crippen MR) is 99.8 cm³/mol. The number of aryl methyl sites for hydroxylation is 1. The predicted octanol–water partition coefficient (Wildman–Crippen LogP) is 2.14. The number of thiocarbonyl (C=S) groups is 1. The number of quaternary nitrogens is 1. The van der Waals surface area contributed by atoms with E-state index in [2.05, 4.69) is 72.2 Å². The zero-order valence-corrected chi connectivity index (χ0v) is 14.3. The first-order valence-electron chi connectivity index (χ1n) is 8.21. The van der Waals surface area contributed by atoms with Gasteiger partial charge in [0.15, 0.2) is 5.11 Å². The van der Waals surface area contributed by atoms with Crippen LogP contribution in [0.15, 0.2) is 54.6 Å². The fraction of sp³-hybridized carbons (Fsp3) is 0.316. The van der Waals surface area contributed by atoms with E-state index in [4.69, 9.17) is 12.2 Å². The summed E-state index contributed by atoms with van der Waals surface area (Å²) < 4.78 is 0. The largest absolute Gasteiger partial charge is 0.354 e. The van der Waals surface area contributed by atoms with E-state index in [0.29, 0.717) is 6.04 Å². The molecular weight excluding hydrogens is 302 g/mol. The van der Waals surface area contributed by atoms with Crippen molar-refractivity contribution >= 4 is 23.0 Å². The molecule has 0 bridgehead atoms. The third-order valence-electron chi connectivity index (χ3n) is 4.32. The van der Waals surface area contributed by atoms with E-state index in [1.165, 1.54) is 17.7 Å². The Hall–Kier alpha value is -1.91. The molecule has 3 nitrogen and oxygen atoms in total. The Morgan fingerprint density at radius 3 is 2.61 bits per heavy atom. The van der Waals surface area contributed by atoms with Crippen molar-refractivity contribution < 1.29 is 4.90 Å². The molecule has 2 aromatic rings. The van der Waals surface area contributed by atoms with E-state index >= 15 is 0 Å². The molecule has 1 fully saturated rings. The lowest BCUT2D eigenvalue weighted by molar-refractivity contribution is -0.901. The summed E-state index contributed by atoms with van der Waals surface area (Å²) in [4.78, 5) is 1.62. The molecule has 3 N–H and O–H groups in total. The molecule has 2 aromatic carbocycles. The van der Waals surface area contributed by atoms with E-state index in [9.17, 15) is 0 Å². The van der Waals surface area contributed by atoms with Crippen molar-refractivity contribution in [2.45, 2.75) is 25.9 Å². The summed E-state index contributed by atoms with van der Waals surface area (Å²) in [5, 5.41) is 7.45. The molecule has 1 heterocycles. The number of nitrogens with one attached hydrogen (secondary N) is 3. The maximum Gasteiger partial charge on any atom is 0.171 e. The summed E-state index contributed by atoms with van der Waals surface area (Å²) >= 11 is 5.44. The maximum atomic E-state index is 5.44. The molecule has 4 heteroatoms. The fourth-order valence-corrected chi connectivity index (χ4v) is 3.37. The van der Waals surface area contributed by atoms with Gasteiger partial charge in [-0.2, -0.15) is 0 Å². The van der Waals surface area contributed by atoms with E-state index < -0.39 is 0 Å². The Labute approximate surface area is 143 Å². The fourth-order valence-electron chi connectivity index (χ4n) is 3.09. The van der Waals surface area contributed by atoms with Crippen LogP contribution in [0.5, 0.6) is 0 Å². The smallest absolute Gasteiger partial charge is 0.171 e. The van der Waals surface area contributed by atoms with E-state index in [1.807, 2.05) is 0 Å². The van der Waals surface area contributed by atoms with Gasteiger partial charge >= 0.3 is 0 Å². The second-order valence-corrected chi connectivity index (χ2v) is 6.72. The summed E-state index contributed by atoms with van der Waals surface area (Å²) in [6.45, 7) is 5.49. The molecule has 3 rings (SSSR count). The zero-order chi connectivity index (χ0) is 16.1. The van der Waals surface area contributed by atoms with Crippen LogP contribution in [-0.4, -0.2) is 24.2 Å². The van der Waals surface area contributed by atoms with Crippen molar-refractivity contribution in [2.75, 3.05) is 18.4 Å². The van der Waals surface area contributed by atoms with Crippen LogP contribution >= 0.6 is 12.2 Å². The molecule has 0 amide bonds. The first kappa shape index (κ1) is 16.0. The van der Waals surface area contributed by atoms with Crippen molar-refractivity contribution in [3.8, 4) is 0 Å². The molecule has 0 aromatic heterocycles. The summed E-state index contributed by atoms with van der Waals surface area (Å²) in [5.74, 6) is 0. The highest BCUT2D eigenvalue weighted by Crippen LogP contribution is 2.08. The SMILES string of the molecule is Cc1ccc(NC(=S)N[C@H]2CC[NH+](Cc3ccccc3)C2)cc1. The second-order valence-electron chi connectivity index (χ2n) is 6.32. The van der Waals surface area contributed by atoms with Gasteiger partial charge in [0.2, 0.25) is 0 Å². The zero-order valence-electron chi connectivity index (χ0n) is 13.5. The van der Waals surface area contributed by atoms with Crippen LogP contribution in [0.3, 0.4) is 0 Å². The monoisotopic (exact) mass is 326 g/mol. The number of anilines is 1. The number of hydrogen-bond acceptors (Lipinski definition) is 1. The van der Waals surface area contributed by atoms with E-state index in [0.717, 1.165) is 30.3 Å². The van der Waals surface area contributed by atoms with Crippen LogP contribution in [-0.2, 0) is 6.54 Å². The minimum Gasteiger partial charge on any atom is -0.354 e. The Balaban J connectivity index is 1.46. The highest BCUT2D eigenvalue weighted by Gasteiger charge is 2.26. The Bertz CT molecular complexity index is 639. The topological polar surface area (TPSA) is 28.5 Å². The molecule has 1 unspecified atom stereocenters. The Kier molecular flexibility index (Phi) is 5.26. The molecule has 0 aliphatic carbocycles. The molecule has 120 valence electrons. The van der Waals surface area contributed by atoms with Crippen LogP contribution in [0.2, 0.25) is 0 Å². The lowest BCUT2D eigenvalue weighted by Crippen LogP contribution is -3.09. The van der Waals surface area contributed by atoms with Crippen LogP contribution in [0.25, 0.3) is 0 Å². The van der Waals surface area contributed by atoms with Crippen molar-refractivity contribution in [2.24, 2.45) is 0 Å². The standard InChI is InChI=1S/C19H23N3S/c1-15-7-9-17(10-8-15)20-19(23)21-18-11-12-22(14-18)13-16-5-3-2-4-6-16/h2-10,18H,11-14H2,1H3,(H2,20,21,23)/p+1/t18-/m0/s1. The van der Waals surface area contributed by atoms with Gasteiger partial charge in [0.1, 0.15) is 6.54 Å². The van der Waals surface area contributed by atoms with E-state index in [1.54, 1.807) is 4.90 Å². The average Bonchev–Trinajstić information content (AvgIpc) is 2.97. The third-order valence-corrected chi connectivity index (χ3v) is 4.54. The number of rotatable bonds is 4. The highest BCUT2D eigenvalue weighted by molar-refractivity contribution is 7.80. The second kappa shape index (κ2) is 7.57. The number of benzene rings is 2. The van der Waals surface area contributed by atoms with Gasteiger partial charge in [-0.3, -0.25) is 0 Å². The Morgan fingerprint density at radius 1 is 1.13 bits per heavy atom. The van der Waals surface area contributed by atoms with Crippen molar-refractivity contribution in [1.82, 2.24) is 5.32 Å². The lowest BCUT2D eigenvalue weighted by atomic mass is 10.2. The molecule has 1 saturated heterocycles. The van der Waals surface area contributed by atoms with Crippen molar-refractivity contribution in [3.05, 3.63) is 65.7 Å². The molecule has 2 atom stereocenters. The van der Waals surface area contributed by atoms with Gasteiger partial charge in [0, 0.05) is 17.7 Å². The number of hydrogen-bond donors (Lipinski definition) is 3. The van der Waals surface area contributed by atoms with Gasteiger partial charge in [-0.1, -0.05) is 48.0 Å². The van der Waals surface area contributed by atoms with Gasteiger partial charge in [-0.15, -0.1) is 0 Å². The van der Waals surface area contributed by atoms with Gasteiger partial charge in [0.05, 0.1) is 19.1 Å². The third kappa shape index (κ3) is 4.78. The van der Waals surface area contributed by atoms with Gasteiger partial charge in [-0.25, -0.2) is 0 Å². The van der Waals surface area contributed by atoms with Gasteiger partial charge in [0.25, 0.3) is 0 Å². The molecule has 0 spiro atoms. The first-order valence-corrected chi connectivity index (χ1v) is 8.61. The van der Waals surface area contributed by atoms with Crippen LogP contribution in [0.4, 0.5) is 5.69 Å². The normalized spacial score (nSPS) is 20.2. The van der Waals surface area contributed by atoms with Crippen molar-refractivity contribution in [1.29, 1.82) is 0 Å². The van der Waals surface area contributed by atoms with Gasteiger partial charge < -0.3 is 15.5 Å². The Morgan fingerprint density at radius 2 is 1.87 bits per heavy atom. The molecule has 1 aliphatic rings.